The van der Waals surface area contributed by atoms with Crippen LogP contribution in [0.2, 0.25) is 0 Å². The SMILES string of the molecule is O=C(CC1CCCNC1)Nc1ncc(Br)s1. The summed E-state index contributed by atoms with van der Waals surface area (Å²) in [5.74, 6) is 0.535. The average Bonchev–Trinajstić information content (AvgIpc) is 2.65. The molecule has 1 unspecified atom stereocenters. The van der Waals surface area contributed by atoms with Gasteiger partial charge in [0.25, 0.3) is 0 Å². The lowest BCUT2D eigenvalue weighted by atomic mass is 9.96. The van der Waals surface area contributed by atoms with E-state index in [1.807, 2.05) is 0 Å². The molecule has 0 aromatic carbocycles. The van der Waals surface area contributed by atoms with Gasteiger partial charge in [-0.15, -0.1) is 0 Å². The van der Waals surface area contributed by atoms with Crippen LogP contribution in [0.1, 0.15) is 19.3 Å². The normalized spacial score (nSPS) is 20.7. The fourth-order valence-corrected chi connectivity index (χ4v) is 2.97. The number of piperidine rings is 1. The van der Waals surface area contributed by atoms with Gasteiger partial charge in [-0.2, -0.15) is 0 Å². The van der Waals surface area contributed by atoms with Gasteiger partial charge in [-0.05, 0) is 47.8 Å². The number of nitrogens with zero attached hydrogens (tertiary/aromatic N) is 1. The van der Waals surface area contributed by atoms with Crippen LogP contribution in [0.15, 0.2) is 9.98 Å². The van der Waals surface area contributed by atoms with Gasteiger partial charge >= 0.3 is 0 Å². The number of thiazole rings is 1. The minimum atomic E-state index is 0.0653. The summed E-state index contributed by atoms with van der Waals surface area (Å²) in [7, 11) is 0. The van der Waals surface area contributed by atoms with Gasteiger partial charge in [0.05, 0.1) is 9.98 Å². The van der Waals surface area contributed by atoms with Crippen molar-refractivity contribution in [1.82, 2.24) is 10.3 Å². The Hall–Kier alpha value is -0.460. The van der Waals surface area contributed by atoms with E-state index in [1.54, 1.807) is 6.20 Å². The monoisotopic (exact) mass is 303 g/mol. The van der Waals surface area contributed by atoms with Gasteiger partial charge in [0.1, 0.15) is 0 Å². The summed E-state index contributed by atoms with van der Waals surface area (Å²) in [5, 5.41) is 6.80. The first-order valence-electron chi connectivity index (χ1n) is 5.36. The molecule has 2 heterocycles. The fraction of sp³-hybridized carbons (Fsp3) is 0.600. The largest absolute Gasteiger partial charge is 0.316 e. The van der Waals surface area contributed by atoms with Crippen LogP contribution in [-0.2, 0) is 4.79 Å². The molecule has 0 aliphatic carbocycles. The highest BCUT2D eigenvalue weighted by molar-refractivity contribution is 9.11. The van der Waals surface area contributed by atoms with Crippen LogP contribution in [0, 0.1) is 5.92 Å². The lowest BCUT2D eigenvalue weighted by Gasteiger charge is -2.21. The van der Waals surface area contributed by atoms with Gasteiger partial charge in [0, 0.05) is 6.42 Å². The second-order valence-electron chi connectivity index (χ2n) is 3.93. The lowest BCUT2D eigenvalue weighted by Crippen LogP contribution is -2.32. The van der Waals surface area contributed by atoms with Crippen molar-refractivity contribution in [3.8, 4) is 0 Å². The van der Waals surface area contributed by atoms with Crippen LogP contribution in [0.5, 0.6) is 0 Å². The molecule has 16 heavy (non-hydrogen) atoms. The third kappa shape index (κ3) is 3.54. The zero-order valence-corrected chi connectivity index (χ0v) is 11.2. The smallest absolute Gasteiger partial charge is 0.226 e. The zero-order valence-electron chi connectivity index (χ0n) is 8.83. The van der Waals surface area contributed by atoms with Gasteiger partial charge in [0.15, 0.2) is 5.13 Å². The van der Waals surface area contributed by atoms with E-state index in [4.69, 9.17) is 0 Å². The number of nitrogens with one attached hydrogen (secondary N) is 2. The maximum atomic E-state index is 11.7. The van der Waals surface area contributed by atoms with Crippen LogP contribution in [-0.4, -0.2) is 24.0 Å². The minimum Gasteiger partial charge on any atom is -0.316 e. The van der Waals surface area contributed by atoms with Gasteiger partial charge in [-0.3, -0.25) is 4.79 Å². The zero-order chi connectivity index (χ0) is 11.4. The Morgan fingerprint density at radius 3 is 3.25 bits per heavy atom. The highest BCUT2D eigenvalue weighted by Gasteiger charge is 2.17. The van der Waals surface area contributed by atoms with Crippen molar-refractivity contribution in [1.29, 1.82) is 0 Å². The quantitative estimate of drug-likeness (QED) is 0.900. The highest BCUT2D eigenvalue weighted by Crippen LogP contribution is 2.23. The van der Waals surface area contributed by atoms with E-state index >= 15 is 0 Å². The summed E-state index contributed by atoms with van der Waals surface area (Å²) in [5.41, 5.74) is 0. The molecule has 2 rings (SSSR count). The Labute approximate surface area is 107 Å². The molecule has 0 bridgehead atoms. The number of hydrogen-bond donors (Lipinski definition) is 2. The molecule has 0 saturated carbocycles. The highest BCUT2D eigenvalue weighted by atomic mass is 79.9. The van der Waals surface area contributed by atoms with Crippen molar-refractivity contribution >= 4 is 38.3 Å². The molecule has 0 radical (unpaired) electrons. The van der Waals surface area contributed by atoms with Crippen LogP contribution < -0.4 is 10.6 Å². The van der Waals surface area contributed by atoms with Gasteiger partial charge < -0.3 is 10.6 Å². The average molecular weight is 304 g/mol. The van der Waals surface area contributed by atoms with Crippen LogP contribution in [0.25, 0.3) is 0 Å². The Balaban J connectivity index is 1.79. The number of aromatic nitrogens is 1. The predicted molar refractivity (Wildman–Crippen MR) is 68.7 cm³/mol. The number of rotatable bonds is 3. The summed E-state index contributed by atoms with van der Waals surface area (Å²) in [6, 6.07) is 0. The maximum Gasteiger partial charge on any atom is 0.226 e. The molecule has 2 N–H and O–H groups in total. The van der Waals surface area contributed by atoms with E-state index in [1.165, 1.54) is 17.8 Å². The van der Waals surface area contributed by atoms with Crippen LogP contribution in [0.4, 0.5) is 5.13 Å². The molecule has 1 aliphatic rings. The Morgan fingerprint density at radius 1 is 1.75 bits per heavy atom. The lowest BCUT2D eigenvalue weighted by molar-refractivity contribution is -0.117. The third-order valence-electron chi connectivity index (χ3n) is 2.60. The van der Waals surface area contributed by atoms with Gasteiger partial charge in [0.2, 0.25) is 5.91 Å². The molecule has 1 aromatic heterocycles. The Morgan fingerprint density at radius 2 is 2.62 bits per heavy atom. The first-order valence-corrected chi connectivity index (χ1v) is 6.97. The van der Waals surface area contributed by atoms with E-state index in [-0.39, 0.29) is 5.91 Å². The van der Waals surface area contributed by atoms with Crippen molar-refractivity contribution in [3.05, 3.63) is 9.98 Å². The standard InChI is InChI=1S/C10H14BrN3OS/c11-8-6-13-10(16-8)14-9(15)4-7-2-1-3-12-5-7/h6-7,12H,1-5H2,(H,13,14,15). The molecule has 88 valence electrons. The topological polar surface area (TPSA) is 54.0 Å². The van der Waals surface area contributed by atoms with Crippen molar-refractivity contribution < 1.29 is 4.79 Å². The van der Waals surface area contributed by atoms with E-state index in [2.05, 4.69) is 31.5 Å². The van der Waals surface area contributed by atoms with E-state index < -0.39 is 0 Å². The summed E-state index contributed by atoms with van der Waals surface area (Å²) in [4.78, 5) is 15.8. The van der Waals surface area contributed by atoms with Crippen molar-refractivity contribution in [2.75, 3.05) is 18.4 Å². The molecule has 6 heteroatoms. The Bertz CT molecular complexity index is 363. The molecule has 1 fully saturated rings. The number of amides is 1. The van der Waals surface area contributed by atoms with Gasteiger partial charge in [-0.1, -0.05) is 11.3 Å². The van der Waals surface area contributed by atoms with Crippen LogP contribution in [0.3, 0.4) is 0 Å². The fourth-order valence-electron chi connectivity index (χ4n) is 1.84. The molecule has 1 aromatic rings. The van der Waals surface area contributed by atoms with E-state index in [0.29, 0.717) is 17.5 Å². The van der Waals surface area contributed by atoms with Crippen molar-refractivity contribution in [2.24, 2.45) is 5.92 Å². The predicted octanol–water partition coefficient (Wildman–Crippen LogP) is 2.23. The summed E-state index contributed by atoms with van der Waals surface area (Å²) in [6.45, 7) is 2.03. The Kier molecular flexibility index (Phi) is 4.31. The summed E-state index contributed by atoms with van der Waals surface area (Å²) < 4.78 is 0.933. The summed E-state index contributed by atoms with van der Waals surface area (Å²) >= 11 is 4.75. The molecule has 4 nitrogen and oxygen atoms in total. The summed E-state index contributed by atoms with van der Waals surface area (Å²) in [6.07, 6.45) is 4.59. The number of hydrogen-bond acceptors (Lipinski definition) is 4. The molecule has 0 spiro atoms. The molecule has 1 aliphatic heterocycles. The number of halogens is 1. The van der Waals surface area contributed by atoms with Crippen molar-refractivity contribution in [3.63, 3.8) is 0 Å². The van der Waals surface area contributed by atoms with Gasteiger partial charge in [-0.25, -0.2) is 4.98 Å². The second kappa shape index (κ2) is 5.75. The molecular formula is C10H14BrN3OS. The number of carbonyl (C=O) groups is 1. The molecular weight excluding hydrogens is 290 g/mol. The van der Waals surface area contributed by atoms with Crippen LogP contribution >= 0.6 is 27.3 Å². The van der Waals surface area contributed by atoms with Crippen molar-refractivity contribution in [2.45, 2.75) is 19.3 Å². The first-order chi connectivity index (χ1) is 7.74. The van der Waals surface area contributed by atoms with E-state index in [0.717, 1.165) is 23.3 Å². The molecule has 1 amide bonds. The minimum absolute atomic E-state index is 0.0653. The number of carbonyl (C=O) groups excluding carboxylic acids is 1. The molecule has 1 atom stereocenters. The first kappa shape index (κ1) is 12.0. The third-order valence-corrected chi connectivity index (χ3v) is 3.99. The number of anilines is 1. The second-order valence-corrected chi connectivity index (χ2v) is 6.34. The van der Waals surface area contributed by atoms with E-state index in [9.17, 15) is 4.79 Å². The molecule has 1 saturated heterocycles. The maximum absolute atomic E-state index is 11.7.